The molecule has 2 rings (SSSR count). The summed E-state index contributed by atoms with van der Waals surface area (Å²) in [6.07, 6.45) is 0. The van der Waals surface area contributed by atoms with Crippen LogP contribution < -0.4 is 5.46 Å². The number of hydrogen-bond donors (Lipinski definition) is 0. The molecule has 1 nitrogen and oxygen atoms in total. The van der Waals surface area contributed by atoms with Crippen molar-refractivity contribution in [3.63, 3.8) is 0 Å². The van der Waals surface area contributed by atoms with Gasteiger partial charge in [-0.3, -0.25) is 4.98 Å². The van der Waals surface area contributed by atoms with Crippen molar-refractivity contribution in [3.8, 4) is 0 Å². The number of rotatable bonds is 0. The molecule has 0 aliphatic heterocycles. The summed E-state index contributed by atoms with van der Waals surface area (Å²) < 4.78 is 13.0. The van der Waals surface area contributed by atoms with Crippen LogP contribution in [0.5, 0.6) is 0 Å². The third-order valence-electron chi connectivity index (χ3n) is 1.95. The second-order valence-corrected chi connectivity index (χ2v) is 3.02. The Bertz CT molecular complexity index is 468. The third kappa shape index (κ3) is 1.42. The lowest BCUT2D eigenvalue weighted by molar-refractivity contribution is 0.637. The maximum absolute atomic E-state index is 13.0. The maximum Gasteiger partial charge on any atom is 0.118 e. The lowest BCUT2D eigenvalue weighted by Crippen LogP contribution is -2.07. The van der Waals surface area contributed by atoms with Gasteiger partial charge in [0.2, 0.25) is 0 Å². The van der Waals surface area contributed by atoms with Gasteiger partial charge in [-0.1, -0.05) is 17.6 Å². The van der Waals surface area contributed by atoms with E-state index in [9.17, 15) is 4.39 Å². The number of halogens is 1. The van der Waals surface area contributed by atoms with Gasteiger partial charge in [0.1, 0.15) is 13.7 Å². The first-order valence-electron chi connectivity index (χ1n) is 3.99. The maximum atomic E-state index is 13.0. The average molecular weight is 171 g/mol. The van der Waals surface area contributed by atoms with Crippen LogP contribution in [-0.4, -0.2) is 12.8 Å². The van der Waals surface area contributed by atoms with Crippen LogP contribution in [0.3, 0.4) is 0 Å². The number of aromatic nitrogens is 1. The molecule has 0 saturated carbocycles. The quantitative estimate of drug-likeness (QED) is 0.547. The number of hydrogen-bond acceptors (Lipinski definition) is 1. The molecule has 0 spiro atoms. The highest BCUT2D eigenvalue weighted by atomic mass is 19.1. The van der Waals surface area contributed by atoms with Gasteiger partial charge >= 0.3 is 0 Å². The standard InChI is InChI=1S/C10H7BFN/c1-6-2-3-7-4-8(11)9(12)5-10(7)13-6/h2-5H,1H3. The van der Waals surface area contributed by atoms with Gasteiger partial charge in [0.25, 0.3) is 0 Å². The molecule has 0 aliphatic carbocycles. The zero-order valence-electron chi connectivity index (χ0n) is 7.21. The first-order chi connectivity index (χ1) is 6.16. The zero-order valence-corrected chi connectivity index (χ0v) is 7.21. The average Bonchev–Trinajstić information content (AvgIpc) is 2.08. The predicted octanol–water partition coefficient (Wildman–Crippen LogP) is 1.48. The van der Waals surface area contributed by atoms with Gasteiger partial charge in [-0.15, -0.1) is 0 Å². The Morgan fingerprint density at radius 3 is 2.85 bits per heavy atom. The van der Waals surface area contributed by atoms with E-state index in [0.29, 0.717) is 5.52 Å². The smallest absolute Gasteiger partial charge is 0.118 e. The molecule has 0 unspecified atom stereocenters. The molecule has 2 aromatic rings. The number of benzene rings is 1. The van der Waals surface area contributed by atoms with Gasteiger partial charge in [0, 0.05) is 5.69 Å². The Morgan fingerprint density at radius 2 is 2.08 bits per heavy atom. The lowest BCUT2D eigenvalue weighted by atomic mass is 9.94. The first kappa shape index (κ1) is 8.23. The molecule has 62 valence electrons. The van der Waals surface area contributed by atoms with E-state index in [1.165, 1.54) is 6.07 Å². The summed E-state index contributed by atoms with van der Waals surface area (Å²) in [6, 6.07) is 6.71. The van der Waals surface area contributed by atoms with Crippen molar-refractivity contribution in [1.82, 2.24) is 4.98 Å². The van der Waals surface area contributed by atoms with Crippen molar-refractivity contribution in [2.75, 3.05) is 0 Å². The highest BCUT2D eigenvalue weighted by Crippen LogP contribution is 2.11. The van der Waals surface area contributed by atoms with E-state index in [1.807, 2.05) is 19.1 Å². The van der Waals surface area contributed by atoms with E-state index in [1.54, 1.807) is 6.07 Å². The van der Waals surface area contributed by atoms with E-state index in [2.05, 4.69) is 4.98 Å². The van der Waals surface area contributed by atoms with Crippen molar-refractivity contribution in [2.24, 2.45) is 0 Å². The Balaban J connectivity index is 2.81. The van der Waals surface area contributed by atoms with Gasteiger partial charge in [-0.2, -0.15) is 0 Å². The molecule has 0 saturated heterocycles. The largest absolute Gasteiger partial charge is 0.253 e. The fraction of sp³-hybridized carbons (Fsp3) is 0.100. The lowest BCUT2D eigenvalue weighted by Gasteiger charge is -2.01. The minimum absolute atomic E-state index is 0.165. The molecule has 3 heteroatoms. The fourth-order valence-electron chi connectivity index (χ4n) is 1.27. The molecule has 13 heavy (non-hydrogen) atoms. The van der Waals surface area contributed by atoms with Gasteiger partial charge in [0.15, 0.2) is 0 Å². The number of nitrogens with zero attached hydrogens (tertiary/aromatic N) is 1. The molecule has 1 heterocycles. The highest BCUT2D eigenvalue weighted by Gasteiger charge is 2.00. The molecule has 0 amide bonds. The minimum Gasteiger partial charge on any atom is -0.253 e. The van der Waals surface area contributed by atoms with Crippen molar-refractivity contribution in [2.45, 2.75) is 6.92 Å². The molecular weight excluding hydrogens is 164 g/mol. The molecule has 0 fully saturated rings. The van der Waals surface area contributed by atoms with Crippen LogP contribution in [0.2, 0.25) is 0 Å². The summed E-state index contributed by atoms with van der Waals surface area (Å²) in [6.45, 7) is 1.87. The normalized spacial score (nSPS) is 10.6. The summed E-state index contributed by atoms with van der Waals surface area (Å²) in [5.41, 5.74) is 1.68. The van der Waals surface area contributed by atoms with Crippen LogP contribution in [0.15, 0.2) is 24.3 Å². The molecule has 0 aliphatic rings. The van der Waals surface area contributed by atoms with Crippen LogP contribution in [-0.2, 0) is 0 Å². The Hall–Kier alpha value is -1.38. The van der Waals surface area contributed by atoms with Gasteiger partial charge in [-0.05, 0) is 24.4 Å². The van der Waals surface area contributed by atoms with E-state index in [-0.39, 0.29) is 5.46 Å². The molecule has 1 aromatic heterocycles. The predicted molar refractivity (Wildman–Crippen MR) is 51.8 cm³/mol. The van der Waals surface area contributed by atoms with E-state index >= 15 is 0 Å². The van der Waals surface area contributed by atoms with Crippen LogP contribution in [0, 0.1) is 12.7 Å². The Labute approximate surface area is 77.0 Å². The molecule has 2 radical (unpaired) electrons. The van der Waals surface area contributed by atoms with Crippen molar-refractivity contribution >= 4 is 24.2 Å². The summed E-state index contributed by atoms with van der Waals surface area (Å²) in [4.78, 5) is 4.18. The summed E-state index contributed by atoms with van der Waals surface area (Å²) in [5.74, 6) is -0.411. The summed E-state index contributed by atoms with van der Waals surface area (Å²) in [5, 5.41) is 0.865. The highest BCUT2D eigenvalue weighted by molar-refractivity contribution is 6.33. The topological polar surface area (TPSA) is 12.9 Å². The van der Waals surface area contributed by atoms with Gasteiger partial charge in [-0.25, -0.2) is 4.39 Å². The van der Waals surface area contributed by atoms with Crippen LogP contribution >= 0.6 is 0 Å². The van der Waals surface area contributed by atoms with Gasteiger partial charge < -0.3 is 0 Å². The Kier molecular flexibility index (Phi) is 1.80. The first-order valence-corrected chi connectivity index (χ1v) is 3.99. The SMILES string of the molecule is [B]c1cc2ccc(C)nc2cc1F. The van der Waals surface area contributed by atoms with Crippen molar-refractivity contribution in [3.05, 3.63) is 35.8 Å². The monoisotopic (exact) mass is 171 g/mol. The second-order valence-electron chi connectivity index (χ2n) is 3.02. The van der Waals surface area contributed by atoms with Crippen molar-refractivity contribution in [1.29, 1.82) is 0 Å². The Morgan fingerprint density at radius 1 is 1.31 bits per heavy atom. The van der Waals surface area contributed by atoms with E-state index in [0.717, 1.165) is 11.1 Å². The van der Waals surface area contributed by atoms with Crippen LogP contribution in [0.1, 0.15) is 5.69 Å². The molecule has 0 N–H and O–H groups in total. The third-order valence-corrected chi connectivity index (χ3v) is 1.95. The zero-order chi connectivity index (χ0) is 9.42. The second kappa shape index (κ2) is 2.84. The molecular formula is C10H7BFN. The number of fused-ring (bicyclic) bond motifs is 1. The van der Waals surface area contributed by atoms with Crippen LogP contribution in [0.25, 0.3) is 10.9 Å². The molecule has 0 atom stereocenters. The number of pyridine rings is 1. The van der Waals surface area contributed by atoms with Crippen LogP contribution in [0.4, 0.5) is 4.39 Å². The van der Waals surface area contributed by atoms with E-state index < -0.39 is 5.82 Å². The molecule has 1 aromatic carbocycles. The minimum atomic E-state index is -0.411. The number of aryl methyl sites for hydroxylation is 1. The van der Waals surface area contributed by atoms with Crippen molar-refractivity contribution < 1.29 is 4.39 Å². The summed E-state index contributed by atoms with van der Waals surface area (Å²) >= 11 is 0. The van der Waals surface area contributed by atoms with Gasteiger partial charge in [0.05, 0.1) is 5.52 Å². The molecule has 0 bridgehead atoms. The summed E-state index contributed by atoms with van der Waals surface area (Å²) in [7, 11) is 5.42. The fourth-order valence-corrected chi connectivity index (χ4v) is 1.27. The van der Waals surface area contributed by atoms with E-state index in [4.69, 9.17) is 7.85 Å².